The second-order valence-corrected chi connectivity index (χ2v) is 8.20. The van der Waals surface area contributed by atoms with Crippen LogP contribution in [0.15, 0.2) is 48.4 Å². The highest BCUT2D eigenvalue weighted by Gasteiger charge is 2.20. The first kappa shape index (κ1) is 26.3. The smallest absolute Gasteiger partial charge is 0.247 e. The molecule has 0 fully saturated rings. The maximum atomic E-state index is 13.7. The van der Waals surface area contributed by atoms with Crippen molar-refractivity contribution >= 4 is 23.6 Å². The predicted octanol–water partition coefficient (Wildman–Crippen LogP) is 4.86. The van der Waals surface area contributed by atoms with Crippen LogP contribution in [0.3, 0.4) is 0 Å². The van der Waals surface area contributed by atoms with Crippen molar-refractivity contribution in [3.8, 4) is 11.4 Å². The number of ether oxygens (including phenoxy) is 1. The van der Waals surface area contributed by atoms with E-state index in [9.17, 15) is 23.1 Å². The van der Waals surface area contributed by atoms with E-state index in [4.69, 9.17) is 16.3 Å². The zero-order valence-electron chi connectivity index (χ0n) is 19.2. The Morgan fingerprint density at radius 3 is 2.54 bits per heavy atom. The Bertz CT molecular complexity index is 1210. The molecular weight excluding hydrogens is 483 g/mol. The fraction of sp³-hybridized carbons (Fsp3) is 0.280. The molecule has 3 aromatic rings. The molecule has 0 aliphatic rings. The Labute approximate surface area is 206 Å². The molecule has 2 aromatic carbocycles. The van der Waals surface area contributed by atoms with E-state index in [1.54, 1.807) is 24.5 Å². The summed E-state index contributed by atoms with van der Waals surface area (Å²) in [5, 5.41) is 12.3. The lowest BCUT2D eigenvalue weighted by Crippen LogP contribution is -2.32. The molecule has 0 aliphatic heterocycles. The molecule has 35 heavy (non-hydrogen) atoms. The van der Waals surface area contributed by atoms with Crippen LogP contribution in [-0.2, 0) is 4.79 Å². The Morgan fingerprint density at radius 2 is 1.97 bits per heavy atom. The summed E-state index contributed by atoms with van der Waals surface area (Å²) in [6.07, 6.45) is 5.97. The van der Waals surface area contributed by atoms with E-state index in [0.717, 1.165) is 23.5 Å². The van der Waals surface area contributed by atoms with E-state index in [-0.39, 0.29) is 5.56 Å². The first-order valence-electron chi connectivity index (χ1n) is 10.8. The van der Waals surface area contributed by atoms with Gasteiger partial charge in [-0.1, -0.05) is 6.07 Å². The molecule has 1 heterocycles. The quantitative estimate of drug-likeness (QED) is 0.233. The van der Waals surface area contributed by atoms with Gasteiger partial charge >= 0.3 is 0 Å². The monoisotopic (exact) mass is 507 g/mol. The molecule has 1 aromatic heterocycles. The lowest BCUT2D eigenvalue weighted by Gasteiger charge is -2.19. The number of methoxy groups -OCH3 is 1. The number of alkyl halides is 1. The Morgan fingerprint density at radius 1 is 1.26 bits per heavy atom. The number of imidazole rings is 1. The number of amides is 1. The highest BCUT2D eigenvalue weighted by atomic mass is 35.5. The number of halogens is 4. The number of nitrogens with one attached hydrogen (secondary N) is 1. The molecule has 1 amide bonds. The minimum Gasteiger partial charge on any atom is -0.495 e. The summed E-state index contributed by atoms with van der Waals surface area (Å²) in [5.41, 5.74) is 2.51. The van der Waals surface area contributed by atoms with Crippen LogP contribution in [0, 0.1) is 24.4 Å². The molecule has 0 radical (unpaired) electrons. The minimum absolute atomic E-state index is 0.101. The third-order valence-electron chi connectivity index (χ3n) is 5.30. The maximum absolute atomic E-state index is 13.7. The van der Waals surface area contributed by atoms with Crippen LogP contribution in [0.1, 0.15) is 35.7 Å². The zero-order chi connectivity index (χ0) is 25.5. The average molecular weight is 508 g/mol. The second kappa shape index (κ2) is 11.9. The van der Waals surface area contributed by atoms with Crippen molar-refractivity contribution in [1.82, 2.24) is 14.9 Å². The Kier molecular flexibility index (Phi) is 8.95. The van der Waals surface area contributed by atoms with Gasteiger partial charge in [0, 0.05) is 17.6 Å². The van der Waals surface area contributed by atoms with Crippen LogP contribution < -0.4 is 10.1 Å². The molecule has 1 atom stereocenters. The van der Waals surface area contributed by atoms with Crippen molar-refractivity contribution in [1.29, 1.82) is 0 Å². The summed E-state index contributed by atoms with van der Waals surface area (Å²) in [7, 11) is 1.53. The number of aliphatic hydroxyl groups excluding tert-OH is 1. The van der Waals surface area contributed by atoms with E-state index in [0.29, 0.717) is 35.6 Å². The van der Waals surface area contributed by atoms with Crippen LogP contribution >= 0.6 is 11.6 Å². The lowest BCUT2D eigenvalue weighted by atomic mass is 10.0. The number of aromatic nitrogens is 2. The van der Waals surface area contributed by atoms with Gasteiger partial charge in [-0.25, -0.2) is 18.2 Å². The van der Waals surface area contributed by atoms with Gasteiger partial charge in [0.25, 0.3) is 0 Å². The van der Waals surface area contributed by atoms with Crippen LogP contribution in [0.5, 0.6) is 5.75 Å². The fourth-order valence-electron chi connectivity index (χ4n) is 3.52. The summed E-state index contributed by atoms with van der Waals surface area (Å²) in [6.45, 7) is 1.22. The highest BCUT2D eigenvalue weighted by molar-refractivity contribution is 6.17. The number of benzene rings is 2. The number of carbonyl (C=O) groups excluding carboxylic acids is 1. The van der Waals surface area contributed by atoms with E-state index >= 15 is 0 Å². The van der Waals surface area contributed by atoms with E-state index in [1.807, 2.05) is 23.8 Å². The lowest BCUT2D eigenvalue weighted by molar-refractivity contribution is -0.118. The number of nitrogens with zero attached hydrogens (tertiary/aromatic N) is 2. The average Bonchev–Trinajstić information content (AvgIpc) is 3.28. The van der Waals surface area contributed by atoms with Crippen LogP contribution in [0.2, 0.25) is 0 Å². The molecule has 10 heteroatoms. The topological polar surface area (TPSA) is 76.4 Å². The fourth-order valence-corrected chi connectivity index (χ4v) is 3.66. The number of rotatable bonds is 10. The SMILES string of the molecule is COc1cc(/C=C(\CCCCl)C(=O)N[C@H](CO)c2cc(F)c(F)c(F)c2)ccc1-n1cnc(C)c1. The van der Waals surface area contributed by atoms with Crippen molar-refractivity contribution in [2.24, 2.45) is 0 Å². The zero-order valence-corrected chi connectivity index (χ0v) is 20.0. The van der Waals surface area contributed by atoms with E-state index in [1.165, 1.54) is 7.11 Å². The van der Waals surface area contributed by atoms with Gasteiger partial charge in [0.2, 0.25) is 5.91 Å². The molecule has 0 unspecified atom stereocenters. The van der Waals surface area contributed by atoms with Gasteiger partial charge in [-0.15, -0.1) is 11.6 Å². The number of hydrogen-bond donors (Lipinski definition) is 2. The molecule has 2 N–H and O–H groups in total. The van der Waals surface area contributed by atoms with Crippen molar-refractivity contribution in [2.75, 3.05) is 19.6 Å². The van der Waals surface area contributed by atoms with Crippen molar-refractivity contribution in [2.45, 2.75) is 25.8 Å². The molecule has 0 saturated carbocycles. The highest BCUT2D eigenvalue weighted by Crippen LogP contribution is 2.27. The third kappa shape index (κ3) is 6.43. The molecule has 0 aliphatic carbocycles. The largest absolute Gasteiger partial charge is 0.495 e. The van der Waals surface area contributed by atoms with Gasteiger partial charge in [-0.3, -0.25) is 4.79 Å². The molecule has 0 bridgehead atoms. The summed E-state index contributed by atoms with van der Waals surface area (Å²) >= 11 is 5.82. The molecule has 186 valence electrons. The number of carbonyl (C=O) groups is 1. The van der Waals surface area contributed by atoms with Crippen molar-refractivity contribution in [3.05, 3.63) is 82.7 Å². The molecular formula is C25H25ClF3N3O3. The minimum atomic E-state index is -1.62. The molecule has 0 saturated heterocycles. The molecule has 6 nitrogen and oxygen atoms in total. The van der Waals surface area contributed by atoms with Gasteiger partial charge in [-0.05, 0) is 61.2 Å². The van der Waals surface area contributed by atoms with Crippen LogP contribution in [-0.4, -0.2) is 40.2 Å². The standard InChI is InChI=1S/C25H25ClF3N3O3/c1-15-12-32(14-30-15)22-6-5-16(9-23(22)35-2)8-17(4-3-7-26)25(34)31-21(13-33)18-10-19(27)24(29)20(28)11-18/h5-6,8-12,14,21,33H,3-4,7,13H2,1-2H3,(H,31,34)/b17-8+/t21-/m1/s1. The maximum Gasteiger partial charge on any atom is 0.247 e. The molecule has 0 spiro atoms. The third-order valence-corrected chi connectivity index (χ3v) is 5.57. The first-order chi connectivity index (χ1) is 16.8. The van der Waals surface area contributed by atoms with Gasteiger partial charge in [0.1, 0.15) is 5.75 Å². The second-order valence-electron chi connectivity index (χ2n) is 7.82. The Hall–Kier alpha value is -3.30. The number of hydrogen-bond acceptors (Lipinski definition) is 4. The van der Waals surface area contributed by atoms with Crippen molar-refractivity contribution in [3.63, 3.8) is 0 Å². The van der Waals surface area contributed by atoms with Crippen LogP contribution in [0.4, 0.5) is 13.2 Å². The summed E-state index contributed by atoms with van der Waals surface area (Å²) in [6, 6.07) is 5.71. The molecule has 3 rings (SSSR count). The number of aliphatic hydroxyl groups is 1. The first-order valence-corrected chi connectivity index (χ1v) is 11.3. The van der Waals surface area contributed by atoms with Gasteiger partial charge in [0.05, 0.1) is 37.5 Å². The van der Waals surface area contributed by atoms with Gasteiger partial charge < -0.3 is 19.7 Å². The Balaban J connectivity index is 1.90. The summed E-state index contributed by atoms with van der Waals surface area (Å²) in [5.74, 6) is -4.14. The van der Waals surface area contributed by atoms with E-state index < -0.39 is 36.0 Å². The van der Waals surface area contributed by atoms with Crippen LogP contribution in [0.25, 0.3) is 11.8 Å². The normalized spacial score (nSPS) is 12.5. The van der Waals surface area contributed by atoms with Gasteiger partial charge in [-0.2, -0.15) is 0 Å². The van der Waals surface area contributed by atoms with E-state index in [2.05, 4.69) is 10.3 Å². The van der Waals surface area contributed by atoms with Crippen molar-refractivity contribution < 1.29 is 27.8 Å². The number of aryl methyl sites for hydroxylation is 1. The summed E-state index contributed by atoms with van der Waals surface area (Å²) < 4.78 is 48.0. The predicted molar refractivity (Wildman–Crippen MR) is 127 cm³/mol. The van der Waals surface area contributed by atoms with Gasteiger partial charge in [0.15, 0.2) is 17.5 Å². The summed E-state index contributed by atoms with van der Waals surface area (Å²) in [4.78, 5) is 17.3.